The Labute approximate surface area is 206 Å². The van der Waals surface area contributed by atoms with Gasteiger partial charge in [-0.15, -0.1) is 0 Å². The van der Waals surface area contributed by atoms with Gasteiger partial charge in [0, 0.05) is 12.2 Å². The number of amides is 2. The molecular weight excluding hydrogens is 436 g/mol. The highest BCUT2D eigenvalue weighted by Crippen LogP contribution is 2.26. The number of aromatic nitrogens is 2. The zero-order valence-electron chi connectivity index (χ0n) is 21.0. The number of carbonyl (C=O) groups is 1. The van der Waals surface area contributed by atoms with Gasteiger partial charge in [0.2, 0.25) is 0 Å². The summed E-state index contributed by atoms with van der Waals surface area (Å²) < 4.78 is 1.68. The first-order valence-corrected chi connectivity index (χ1v) is 12.0. The van der Waals surface area contributed by atoms with Crippen LogP contribution in [0.1, 0.15) is 48.8 Å². The van der Waals surface area contributed by atoms with Gasteiger partial charge in [-0.2, -0.15) is 0 Å². The van der Waals surface area contributed by atoms with Gasteiger partial charge in [-0.1, -0.05) is 48.9 Å². The third kappa shape index (κ3) is 4.97. The molecule has 3 aromatic carbocycles. The van der Waals surface area contributed by atoms with Crippen molar-refractivity contribution in [1.82, 2.24) is 14.5 Å². The van der Waals surface area contributed by atoms with Crippen molar-refractivity contribution in [3.63, 3.8) is 0 Å². The Morgan fingerprint density at radius 2 is 1.69 bits per heavy atom. The molecule has 1 N–H and O–H groups in total. The van der Waals surface area contributed by atoms with Crippen LogP contribution in [0, 0.1) is 20.8 Å². The Balaban J connectivity index is 1.85. The highest BCUT2D eigenvalue weighted by Gasteiger charge is 2.27. The quantitative estimate of drug-likeness (QED) is 0.360. The summed E-state index contributed by atoms with van der Waals surface area (Å²) in [5.74, 6) is 0.537. The summed E-state index contributed by atoms with van der Waals surface area (Å²) >= 11 is 0. The van der Waals surface area contributed by atoms with Crippen molar-refractivity contribution in [2.45, 2.75) is 47.1 Å². The largest absolute Gasteiger partial charge is 0.322 e. The number of nitrogens with zero attached hydrogens (tertiary/aromatic N) is 3. The van der Waals surface area contributed by atoms with Crippen molar-refractivity contribution in [3.05, 3.63) is 99.6 Å². The minimum Gasteiger partial charge on any atom is -0.315 e. The van der Waals surface area contributed by atoms with Gasteiger partial charge in [-0.05, 0) is 75.6 Å². The molecule has 4 rings (SSSR count). The SMILES string of the molecule is CCCN(C(=O)Nc1ccc(C)cc1)C(C)c1nc2ccccc2c(=O)n1-c1cc(C)ccc1C. The summed E-state index contributed by atoms with van der Waals surface area (Å²) in [6, 6.07) is 20.4. The molecule has 35 heavy (non-hydrogen) atoms. The summed E-state index contributed by atoms with van der Waals surface area (Å²) in [6.45, 7) is 10.5. The summed E-state index contributed by atoms with van der Waals surface area (Å²) in [4.78, 5) is 33.9. The molecule has 0 radical (unpaired) electrons. The van der Waals surface area contributed by atoms with Crippen LogP contribution in [0.5, 0.6) is 0 Å². The second kappa shape index (κ2) is 10.1. The van der Waals surface area contributed by atoms with E-state index in [1.807, 2.05) is 95.3 Å². The van der Waals surface area contributed by atoms with Gasteiger partial charge in [0.1, 0.15) is 5.82 Å². The molecule has 0 spiro atoms. The Morgan fingerprint density at radius 3 is 2.40 bits per heavy atom. The number of rotatable bonds is 6. The van der Waals surface area contributed by atoms with E-state index in [4.69, 9.17) is 4.98 Å². The monoisotopic (exact) mass is 468 g/mol. The molecule has 0 aliphatic heterocycles. The zero-order chi connectivity index (χ0) is 25.1. The van der Waals surface area contributed by atoms with Crippen LogP contribution >= 0.6 is 0 Å². The molecular formula is C29H32N4O2. The molecule has 1 unspecified atom stereocenters. The fraction of sp³-hybridized carbons (Fsp3) is 0.276. The Hall–Kier alpha value is -3.93. The molecule has 4 aromatic rings. The number of hydrogen-bond acceptors (Lipinski definition) is 3. The Kier molecular flexibility index (Phi) is 7.01. The van der Waals surface area contributed by atoms with Crippen LogP contribution in [-0.4, -0.2) is 27.0 Å². The van der Waals surface area contributed by atoms with E-state index in [2.05, 4.69) is 5.32 Å². The zero-order valence-corrected chi connectivity index (χ0v) is 21.0. The van der Waals surface area contributed by atoms with Crippen molar-refractivity contribution < 1.29 is 4.79 Å². The maximum absolute atomic E-state index is 13.8. The predicted octanol–water partition coefficient (Wildman–Crippen LogP) is 6.32. The number of anilines is 1. The van der Waals surface area contributed by atoms with Gasteiger partial charge in [-0.25, -0.2) is 9.78 Å². The van der Waals surface area contributed by atoms with Gasteiger partial charge >= 0.3 is 6.03 Å². The van der Waals surface area contributed by atoms with E-state index in [9.17, 15) is 9.59 Å². The van der Waals surface area contributed by atoms with E-state index >= 15 is 0 Å². The molecule has 0 bridgehead atoms. The number of urea groups is 1. The van der Waals surface area contributed by atoms with Crippen molar-refractivity contribution in [3.8, 4) is 5.69 Å². The van der Waals surface area contributed by atoms with Crippen molar-refractivity contribution in [2.24, 2.45) is 0 Å². The van der Waals surface area contributed by atoms with Crippen LogP contribution in [0.25, 0.3) is 16.6 Å². The molecule has 6 heteroatoms. The van der Waals surface area contributed by atoms with E-state index in [-0.39, 0.29) is 11.6 Å². The van der Waals surface area contributed by atoms with Gasteiger partial charge < -0.3 is 10.2 Å². The topological polar surface area (TPSA) is 67.2 Å². The summed E-state index contributed by atoms with van der Waals surface area (Å²) in [5, 5.41) is 3.56. The maximum Gasteiger partial charge on any atom is 0.322 e. The van der Waals surface area contributed by atoms with Crippen LogP contribution in [-0.2, 0) is 0 Å². The third-order valence-corrected chi connectivity index (χ3v) is 6.28. The molecule has 0 fully saturated rings. The maximum atomic E-state index is 13.8. The molecule has 2 amide bonds. The highest BCUT2D eigenvalue weighted by molar-refractivity contribution is 5.89. The van der Waals surface area contributed by atoms with Gasteiger partial charge in [0.15, 0.2) is 0 Å². The van der Waals surface area contributed by atoms with Gasteiger partial charge in [0.25, 0.3) is 5.56 Å². The molecule has 0 saturated carbocycles. The first-order chi connectivity index (χ1) is 16.8. The summed E-state index contributed by atoms with van der Waals surface area (Å²) in [7, 11) is 0. The molecule has 180 valence electrons. The van der Waals surface area contributed by atoms with E-state index in [1.54, 1.807) is 15.5 Å². The minimum atomic E-state index is -0.447. The second-order valence-electron chi connectivity index (χ2n) is 9.08. The van der Waals surface area contributed by atoms with Crippen LogP contribution in [0.15, 0.2) is 71.5 Å². The number of hydrogen-bond donors (Lipinski definition) is 1. The summed E-state index contributed by atoms with van der Waals surface area (Å²) in [5.41, 5.74) is 5.14. The van der Waals surface area contributed by atoms with E-state index in [0.29, 0.717) is 23.3 Å². The standard InChI is InChI=1S/C29H32N4O2/c1-6-17-32(29(35)30-23-15-12-19(2)13-16-23)22(5)27-31-25-10-8-7-9-24(25)28(34)33(27)26-18-20(3)11-14-21(26)4/h7-16,18,22H,6,17H2,1-5H3,(H,30,35). The average Bonchev–Trinajstić information content (AvgIpc) is 2.85. The Bertz CT molecular complexity index is 1420. The molecule has 0 aliphatic rings. The predicted molar refractivity (Wildman–Crippen MR) is 142 cm³/mol. The summed E-state index contributed by atoms with van der Waals surface area (Å²) in [6.07, 6.45) is 0.771. The molecule has 0 saturated heterocycles. The third-order valence-electron chi connectivity index (χ3n) is 6.28. The number of benzene rings is 3. The number of fused-ring (bicyclic) bond motifs is 1. The van der Waals surface area contributed by atoms with E-state index in [1.165, 1.54) is 0 Å². The highest BCUT2D eigenvalue weighted by atomic mass is 16.2. The van der Waals surface area contributed by atoms with Crippen LogP contribution in [0.4, 0.5) is 10.5 Å². The number of nitrogens with one attached hydrogen (secondary N) is 1. The van der Waals surface area contributed by atoms with Crippen LogP contribution in [0.2, 0.25) is 0 Å². The minimum absolute atomic E-state index is 0.137. The lowest BCUT2D eigenvalue weighted by Crippen LogP contribution is -2.40. The molecule has 0 aliphatic carbocycles. The first kappa shape index (κ1) is 24.2. The second-order valence-corrected chi connectivity index (χ2v) is 9.08. The van der Waals surface area contributed by atoms with Crippen molar-refractivity contribution in [2.75, 3.05) is 11.9 Å². The normalized spacial score (nSPS) is 11.9. The first-order valence-electron chi connectivity index (χ1n) is 12.0. The molecule has 6 nitrogen and oxygen atoms in total. The fourth-order valence-corrected chi connectivity index (χ4v) is 4.31. The Morgan fingerprint density at radius 1 is 1.00 bits per heavy atom. The molecule has 1 atom stereocenters. The average molecular weight is 469 g/mol. The molecule has 1 heterocycles. The number of para-hydroxylation sites is 1. The van der Waals surface area contributed by atoms with Crippen molar-refractivity contribution >= 4 is 22.6 Å². The van der Waals surface area contributed by atoms with Gasteiger partial charge in [0.05, 0.1) is 22.6 Å². The van der Waals surface area contributed by atoms with Gasteiger partial charge in [-0.3, -0.25) is 9.36 Å². The van der Waals surface area contributed by atoms with Crippen molar-refractivity contribution in [1.29, 1.82) is 0 Å². The smallest absolute Gasteiger partial charge is 0.315 e. The number of carbonyl (C=O) groups excluding carboxylic acids is 1. The lowest BCUT2D eigenvalue weighted by Gasteiger charge is -2.30. The number of aryl methyl sites for hydroxylation is 3. The van der Waals surface area contributed by atoms with E-state index < -0.39 is 6.04 Å². The van der Waals surface area contributed by atoms with Crippen LogP contribution < -0.4 is 10.9 Å². The lowest BCUT2D eigenvalue weighted by molar-refractivity contribution is 0.189. The molecule has 1 aromatic heterocycles. The fourth-order valence-electron chi connectivity index (χ4n) is 4.31. The van der Waals surface area contributed by atoms with Crippen LogP contribution in [0.3, 0.4) is 0 Å². The lowest BCUT2D eigenvalue weighted by atomic mass is 10.1. The van der Waals surface area contributed by atoms with E-state index in [0.717, 1.165) is 34.5 Å².